The summed E-state index contributed by atoms with van der Waals surface area (Å²) in [6.07, 6.45) is 0.970. The molecule has 0 bridgehead atoms. The lowest BCUT2D eigenvalue weighted by atomic mass is 10.2. The van der Waals surface area contributed by atoms with Gasteiger partial charge in [0.2, 0.25) is 10.0 Å². The minimum Gasteiger partial charge on any atom is -0.481 e. The molecular weight excluding hydrogens is 432 g/mol. The van der Waals surface area contributed by atoms with Gasteiger partial charge in [0.25, 0.3) is 5.91 Å². The maximum absolute atomic E-state index is 12.5. The Morgan fingerprint density at radius 3 is 2.37 bits per heavy atom. The lowest BCUT2D eigenvalue weighted by Crippen LogP contribution is -2.32. The molecule has 0 fully saturated rings. The number of carbonyl (C=O) groups is 1. The van der Waals surface area contributed by atoms with Crippen molar-refractivity contribution in [2.24, 2.45) is 0 Å². The quantitative estimate of drug-likeness (QED) is 0.686. The molecule has 2 aromatic rings. The summed E-state index contributed by atoms with van der Waals surface area (Å²) in [7, 11) is -1.85. The minimum absolute atomic E-state index is 0.239. The van der Waals surface area contributed by atoms with Crippen LogP contribution in [0, 0.1) is 6.92 Å². The summed E-state index contributed by atoms with van der Waals surface area (Å²) in [5.41, 5.74) is 2.24. The van der Waals surface area contributed by atoms with Crippen molar-refractivity contribution in [2.75, 3.05) is 22.9 Å². The summed E-state index contributed by atoms with van der Waals surface area (Å²) < 4.78 is 31.1. The van der Waals surface area contributed by atoms with Crippen molar-refractivity contribution in [1.29, 1.82) is 0 Å². The highest BCUT2D eigenvalue weighted by atomic mass is 79.9. The molecule has 0 aliphatic carbocycles. The van der Waals surface area contributed by atoms with Crippen LogP contribution in [0.3, 0.4) is 0 Å². The van der Waals surface area contributed by atoms with Crippen LogP contribution in [0.25, 0.3) is 0 Å². The molecule has 6 nitrogen and oxygen atoms in total. The number of sulfonamides is 1. The van der Waals surface area contributed by atoms with Gasteiger partial charge in [-0.2, -0.15) is 0 Å². The maximum Gasteiger partial charge on any atom is 0.265 e. The Labute approximate surface area is 168 Å². The van der Waals surface area contributed by atoms with Gasteiger partial charge in [-0.05, 0) is 61.4 Å². The molecule has 0 aliphatic rings. The van der Waals surface area contributed by atoms with Gasteiger partial charge in [0.1, 0.15) is 5.75 Å². The van der Waals surface area contributed by atoms with Crippen LogP contribution >= 0.6 is 15.9 Å². The number of rotatable bonds is 7. The van der Waals surface area contributed by atoms with E-state index in [4.69, 9.17) is 4.74 Å². The second kappa shape index (κ2) is 8.75. The minimum atomic E-state index is -3.33. The van der Waals surface area contributed by atoms with Crippen LogP contribution in [-0.4, -0.2) is 33.7 Å². The third-order valence-corrected chi connectivity index (χ3v) is 6.16. The van der Waals surface area contributed by atoms with Gasteiger partial charge in [-0.15, -0.1) is 0 Å². The molecule has 0 aliphatic heterocycles. The fourth-order valence-corrected chi connectivity index (χ4v) is 3.11. The zero-order valence-electron chi connectivity index (χ0n) is 15.7. The molecule has 2 aromatic carbocycles. The number of halogens is 1. The Kier molecular flexibility index (Phi) is 6.89. The van der Waals surface area contributed by atoms with Crippen molar-refractivity contribution in [3.8, 4) is 5.75 Å². The van der Waals surface area contributed by atoms with Crippen molar-refractivity contribution >= 4 is 43.2 Å². The van der Waals surface area contributed by atoms with Gasteiger partial charge in [0.05, 0.1) is 11.9 Å². The molecule has 27 heavy (non-hydrogen) atoms. The van der Waals surface area contributed by atoms with Gasteiger partial charge < -0.3 is 10.1 Å². The summed E-state index contributed by atoms with van der Waals surface area (Å²) in [5.74, 6) is 0.256. The molecule has 2 rings (SSSR count). The Balaban J connectivity index is 2.07. The normalized spacial score (nSPS) is 12.3. The molecule has 1 unspecified atom stereocenters. The first-order chi connectivity index (χ1) is 12.6. The zero-order chi connectivity index (χ0) is 20.2. The van der Waals surface area contributed by atoms with Gasteiger partial charge in [-0.25, -0.2) is 8.42 Å². The Bertz CT molecular complexity index is 914. The van der Waals surface area contributed by atoms with E-state index in [9.17, 15) is 13.2 Å². The Morgan fingerprint density at radius 1 is 1.22 bits per heavy atom. The highest BCUT2D eigenvalue weighted by molar-refractivity contribution is 9.10. The van der Waals surface area contributed by atoms with E-state index in [0.717, 1.165) is 16.3 Å². The first-order valence-electron chi connectivity index (χ1n) is 8.39. The van der Waals surface area contributed by atoms with Crippen molar-refractivity contribution in [2.45, 2.75) is 26.4 Å². The zero-order valence-corrected chi connectivity index (χ0v) is 18.1. The van der Waals surface area contributed by atoms with E-state index in [0.29, 0.717) is 23.5 Å². The van der Waals surface area contributed by atoms with E-state index < -0.39 is 16.1 Å². The molecule has 1 amide bonds. The number of hydrogen-bond acceptors (Lipinski definition) is 4. The standard InChI is InChI=1S/C19H23BrN2O4S/c1-5-18(19(23)21-14-6-11-17(20)13(2)12-14)26-16-9-7-15(8-10-16)22(3)27(4,24)25/h6-12,18H,5H2,1-4H3,(H,21,23). The molecule has 8 heteroatoms. The highest BCUT2D eigenvalue weighted by Gasteiger charge is 2.19. The lowest BCUT2D eigenvalue weighted by Gasteiger charge is -2.19. The second-order valence-electron chi connectivity index (χ2n) is 6.19. The van der Waals surface area contributed by atoms with Crippen LogP contribution in [0.4, 0.5) is 11.4 Å². The van der Waals surface area contributed by atoms with Gasteiger partial charge in [0.15, 0.2) is 6.10 Å². The summed E-state index contributed by atoms with van der Waals surface area (Å²) in [6, 6.07) is 12.2. The smallest absolute Gasteiger partial charge is 0.265 e. The van der Waals surface area contributed by atoms with Crippen LogP contribution < -0.4 is 14.4 Å². The highest BCUT2D eigenvalue weighted by Crippen LogP contribution is 2.23. The second-order valence-corrected chi connectivity index (χ2v) is 9.06. The van der Waals surface area contributed by atoms with E-state index >= 15 is 0 Å². The van der Waals surface area contributed by atoms with E-state index in [1.807, 2.05) is 32.0 Å². The third kappa shape index (κ3) is 5.71. The van der Waals surface area contributed by atoms with Gasteiger partial charge in [-0.1, -0.05) is 22.9 Å². The fourth-order valence-electron chi connectivity index (χ4n) is 2.36. The molecular formula is C19H23BrN2O4S. The Hall–Kier alpha value is -2.06. The fraction of sp³-hybridized carbons (Fsp3) is 0.316. The molecule has 0 aromatic heterocycles. The summed E-state index contributed by atoms with van der Waals surface area (Å²) >= 11 is 3.43. The Morgan fingerprint density at radius 2 is 1.85 bits per heavy atom. The average Bonchev–Trinajstić information content (AvgIpc) is 2.61. The van der Waals surface area contributed by atoms with Crippen molar-refractivity contribution in [1.82, 2.24) is 0 Å². The molecule has 0 radical (unpaired) electrons. The average molecular weight is 455 g/mol. The van der Waals surface area contributed by atoms with Crippen LogP contribution in [0.5, 0.6) is 5.75 Å². The number of carbonyl (C=O) groups excluding carboxylic acids is 1. The third-order valence-electron chi connectivity index (χ3n) is 4.06. The molecule has 1 atom stereocenters. The summed E-state index contributed by atoms with van der Waals surface area (Å²) in [6.45, 7) is 3.81. The molecule has 0 heterocycles. The number of hydrogen-bond donors (Lipinski definition) is 1. The number of aryl methyl sites for hydroxylation is 1. The monoisotopic (exact) mass is 454 g/mol. The summed E-state index contributed by atoms with van der Waals surface area (Å²) in [5, 5.41) is 2.86. The number of ether oxygens (including phenoxy) is 1. The molecule has 0 saturated heterocycles. The maximum atomic E-state index is 12.5. The number of anilines is 2. The van der Waals surface area contributed by atoms with Crippen LogP contribution in [0.15, 0.2) is 46.9 Å². The topological polar surface area (TPSA) is 75.7 Å². The van der Waals surface area contributed by atoms with Crippen LogP contribution in [-0.2, 0) is 14.8 Å². The van der Waals surface area contributed by atoms with E-state index in [2.05, 4.69) is 21.2 Å². The summed E-state index contributed by atoms with van der Waals surface area (Å²) in [4.78, 5) is 12.5. The van der Waals surface area contributed by atoms with Gasteiger partial charge in [-0.3, -0.25) is 9.10 Å². The SMILES string of the molecule is CCC(Oc1ccc(N(C)S(C)(=O)=O)cc1)C(=O)Nc1ccc(Br)c(C)c1. The van der Waals surface area contributed by atoms with Crippen LogP contribution in [0.2, 0.25) is 0 Å². The molecule has 0 spiro atoms. The van der Waals surface area contributed by atoms with Crippen molar-refractivity contribution in [3.05, 3.63) is 52.5 Å². The van der Waals surface area contributed by atoms with Crippen molar-refractivity contribution < 1.29 is 17.9 Å². The van der Waals surface area contributed by atoms with Crippen molar-refractivity contribution in [3.63, 3.8) is 0 Å². The lowest BCUT2D eigenvalue weighted by molar-refractivity contribution is -0.122. The number of nitrogens with zero attached hydrogens (tertiary/aromatic N) is 1. The van der Waals surface area contributed by atoms with Gasteiger partial charge >= 0.3 is 0 Å². The number of nitrogens with one attached hydrogen (secondary N) is 1. The largest absolute Gasteiger partial charge is 0.481 e. The van der Waals surface area contributed by atoms with Gasteiger partial charge in [0, 0.05) is 17.2 Å². The number of benzene rings is 2. The molecule has 1 N–H and O–H groups in total. The first kappa shape index (κ1) is 21.2. The van der Waals surface area contributed by atoms with Crippen LogP contribution in [0.1, 0.15) is 18.9 Å². The predicted octanol–water partition coefficient (Wildman–Crippen LogP) is 3.95. The molecule has 146 valence electrons. The molecule has 0 saturated carbocycles. The van der Waals surface area contributed by atoms with E-state index in [-0.39, 0.29) is 5.91 Å². The number of amides is 1. The first-order valence-corrected chi connectivity index (χ1v) is 11.0. The predicted molar refractivity (Wildman–Crippen MR) is 112 cm³/mol. The van der Waals surface area contributed by atoms with E-state index in [1.54, 1.807) is 24.3 Å². The van der Waals surface area contributed by atoms with E-state index in [1.165, 1.54) is 11.4 Å².